The lowest BCUT2D eigenvalue weighted by Crippen LogP contribution is -2.35. The number of nitrogens with zero attached hydrogens (tertiary/aromatic N) is 1. The topological polar surface area (TPSA) is 88.2 Å². The molecule has 0 radical (unpaired) electrons. The molecule has 1 aromatic heterocycles. The highest BCUT2D eigenvalue weighted by Crippen LogP contribution is 2.23. The Hall–Kier alpha value is -1.93. The maximum Gasteiger partial charge on any atom is 0.226 e. The zero-order valence-electron chi connectivity index (χ0n) is 15.4. The van der Waals surface area contributed by atoms with Gasteiger partial charge in [0.05, 0.1) is 17.0 Å². The summed E-state index contributed by atoms with van der Waals surface area (Å²) in [5.41, 5.74) is 1.49. The Labute approximate surface area is 164 Å². The van der Waals surface area contributed by atoms with Crippen LogP contribution < -0.4 is 10.6 Å². The second kappa shape index (κ2) is 8.84. The molecule has 0 atom stereocenters. The highest BCUT2D eigenvalue weighted by molar-refractivity contribution is 7.90. The van der Waals surface area contributed by atoms with Crippen LogP contribution in [-0.4, -0.2) is 31.6 Å². The Balaban J connectivity index is 1.54. The van der Waals surface area contributed by atoms with Gasteiger partial charge >= 0.3 is 0 Å². The fraction of sp³-hybridized carbons (Fsp3) is 0.474. The van der Waals surface area contributed by atoms with Crippen molar-refractivity contribution < 1.29 is 13.2 Å². The number of thiazole rings is 1. The number of aromatic nitrogens is 1. The van der Waals surface area contributed by atoms with Crippen molar-refractivity contribution in [1.29, 1.82) is 0 Å². The molecular formula is C19H25N3O3S2. The van der Waals surface area contributed by atoms with E-state index in [2.05, 4.69) is 15.6 Å². The number of hydrogen-bond donors (Lipinski definition) is 2. The molecule has 0 unspecified atom stereocenters. The number of anilines is 2. The summed E-state index contributed by atoms with van der Waals surface area (Å²) in [5, 5.41) is 8.84. The van der Waals surface area contributed by atoms with Gasteiger partial charge in [-0.2, -0.15) is 0 Å². The molecule has 1 aliphatic rings. The zero-order chi connectivity index (χ0) is 19.3. The Bertz CT molecular complexity index is 868. The number of nitrogens with one attached hydrogen (secondary N) is 2. The quantitative estimate of drug-likeness (QED) is 0.713. The third kappa shape index (κ3) is 6.04. The van der Waals surface area contributed by atoms with Gasteiger partial charge in [0.2, 0.25) is 5.91 Å². The van der Waals surface area contributed by atoms with E-state index in [0.717, 1.165) is 24.2 Å². The van der Waals surface area contributed by atoms with E-state index in [1.54, 1.807) is 24.3 Å². The molecule has 27 heavy (non-hydrogen) atoms. The minimum Gasteiger partial charge on any atom is -0.353 e. The van der Waals surface area contributed by atoms with E-state index in [-0.39, 0.29) is 17.2 Å². The summed E-state index contributed by atoms with van der Waals surface area (Å²) in [6, 6.07) is 6.83. The first-order valence-electron chi connectivity index (χ1n) is 9.21. The second-order valence-electron chi connectivity index (χ2n) is 7.00. The first kappa shape index (κ1) is 19.8. The number of carbonyl (C=O) groups excluding carboxylic acids is 1. The van der Waals surface area contributed by atoms with Crippen molar-refractivity contribution in [3.63, 3.8) is 0 Å². The van der Waals surface area contributed by atoms with Crippen LogP contribution in [0.5, 0.6) is 0 Å². The van der Waals surface area contributed by atoms with E-state index < -0.39 is 9.84 Å². The molecule has 146 valence electrons. The maximum absolute atomic E-state index is 12.3. The third-order valence-corrected chi connectivity index (χ3v) is 6.58. The SMILES string of the molecule is CS(=O)(=O)c1ccc(Nc2nc(CC(=O)NC3CCCCCC3)cs2)cc1. The smallest absolute Gasteiger partial charge is 0.226 e. The molecule has 2 N–H and O–H groups in total. The summed E-state index contributed by atoms with van der Waals surface area (Å²) in [5.74, 6) is 0.0243. The third-order valence-electron chi connectivity index (χ3n) is 4.65. The lowest BCUT2D eigenvalue weighted by atomic mass is 10.1. The standard InChI is InChI=1S/C19H25N3O3S2/c1-27(24,25)17-10-8-15(9-11-17)21-19-22-16(13-26-19)12-18(23)20-14-6-4-2-3-5-7-14/h8-11,13-14H,2-7,12H2,1H3,(H,20,23)(H,21,22). The molecule has 8 heteroatoms. The van der Waals surface area contributed by atoms with Gasteiger partial charge in [0.1, 0.15) is 0 Å². The van der Waals surface area contributed by atoms with Crippen LogP contribution in [0.3, 0.4) is 0 Å². The molecule has 0 saturated heterocycles. The average molecular weight is 408 g/mol. The van der Waals surface area contributed by atoms with Crippen molar-refractivity contribution in [1.82, 2.24) is 10.3 Å². The molecule has 3 rings (SSSR count). The minimum absolute atomic E-state index is 0.0243. The minimum atomic E-state index is -3.20. The molecule has 6 nitrogen and oxygen atoms in total. The molecule has 0 spiro atoms. The molecule has 2 aromatic rings. The molecule has 0 aliphatic heterocycles. The van der Waals surface area contributed by atoms with Gasteiger partial charge in [0, 0.05) is 23.4 Å². The van der Waals surface area contributed by atoms with Gasteiger partial charge in [0.15, 0.2) is 15.0 Å². The normalized spacial score (nSPS) is 15.9. The maximum atomic E-state index is 12.3. The average Bonchev–Trinajstić information content (AvgIpc) is 2.88. The molecule has 1 amide bonds. The van der Waals surface area contributed by atoms with Gasteiger partial charge in [-0.05, 0) is 37.1 Å². The summed E-state index contributed by atoms with van der Waals surface area (Å²) in [4.78, 5) is 17.0. The van der Waals surface area contributed by atoms with Gasteiger partial charge in [-0.25, -0.2) is 13.4 Å². The van der Waals surface area contributed by atoms with Crippen LogP contribution in [0.15, 0.2) is 34.5 Å². The Morgan fingerprint density at radius 1 is 1.15 bits per heavy atom. The fourth-order valence-corrected chi connectivity index (χ4v) is 4.58. The summed E-state index contributed by atoms with van der Waals surface area (Å²) < 4.78 is 23.0. The first-order valence-corrected chi connectivity index (χ1v) is 12.0. The molecule has 1 saturated carbocycles. The lowest BCUT2D eigenvalue weighted by Gasteiger charge is -2.15. The van der Waals surface area contributed by atoms with E-state index in [4.69, 9.17) is 0 Å². The van der Waals surface area contributed by atoms with Gasteiger partial charge in [0.25, 0.3) is 0 Å². The van der Waals surface area contributed by atoms with Crippen LogP contribution >= 0.6 is 11.3 Å². The molecule has 1 aliphatic carbocycles. The summed E-state index contributed by atoms with van der Waals surface area (Å²) in [7, 11) is -3.20. The van der Waals surface area contributed by atoms with Gasteiger partial charge < -0.3 is 10.6 Å². The van der Waals surface area contributed by atoms with Crippen molar-refractivity contribution in [2.75, 3.05) is 11.6 Å². The molecular weight excluding hydrogens is 382 g/mol. The monoisotopic (exact) mass is 407 g/mol. The van der Waals surface area contributed by atoms with Gasteiger partial charge in [-0.15, -0.1) is 11.3 Å². The molecule has 1 heterocycles. The predicted octanol–water partition coefficient (Wildman–Crippen LogP) is 3.67. The lowest BCUT2D eigenvalue weighted by molar-refractivity contribution is -0.121. The van der Waals surface area contributed by atoms with E-state index in [1.807, 2.05) is 5.38 Å². The van der Waals surface area contributed by atoms with Crippen LogP contribution in [0.4, 0.5) is 10.8 Å². The predicted molar refractivity (Wildman–Crippen MR) is 108 cm³/mol. The van der Waals surface area contributed by atoms with Crippen LogP contribution in [0.2, 0.25) is 0 Å². The number of benzene rings is 1. The number of hydrogen-bond acceptors (Lipinski definition) is 6. The van der Waals surface area contributed by atoms with E-state index in [0.29, 0.717) is 11.2 Å². The van der Waals surface area contributed by atoms with Crippen molar-refractivity contribution in [2.45, 2.75) is 55.9 Å². The summed E-state index contributed by atoms with van der Waals surface area (Å²) >= 11 is 1.43. The van der Waals surface area contributed by atoms with Crippen LogP contribution in [0, 0.1) is 0 Å². The van der Waals surface area contributed by atoms with E-state index in [9.17, 15) is 13.2 Å². The number of sulfone groups is 1. The van der Waals surface area contributed by atoms with Crippen molar-refractivity contribution in [3.05, 3.63) is 35.3 Å². The Morgan fingerprint density at radius 3 is 2.44 bits per heavy atom. The van der Waals surface area contributed by atoms with Crippen LogP contribution in [0.1, 0.15) is 44.2 Å². The molecule has 0 bridgehead atoms. The van der Waals surface area contributed by atoms with Crippen LogP contribution in [0.25, 0.3) is 0 Å². The number of amides is 1. The highest BCUT2D eigenvalue weighted by Gasteiger charge is 2.16. The van der Waals surface area contributed by atoms with Crippen molar-refractivity contribution >= 4 is 37.9 Å². The number of carbonyl (C=O) groups is 1. The van der Waals surface area contributed by atoms with E-state index >= 15 is 0 Å². The van der Waals surface area contributed by atoms with Gasteiger partial charge in [-0.3, -0.25) is 4.79 Å². The van der Waals surface area contributed by atoms with Crippen molar-refractivity contribution in [3.8, 4) is 0 Å². The zero-order valence-corrected chi connectivity index (χ0v) is 17.0. The van der Waals surface area contributed by atoms with E-state index in [1.165, 1.54) is 43.3 Å². The van der Waals surface area contributed by atoms with Crippen molar-refractivity contribution in [2.24, 2.45) is 0 Å². The summed E-state index contributed by atoms with van der Waals surface area (Å²) in [6.45, 7) is 0. The first-order chi connectivity index (χ1) is 12.9. The number of rotatable bonds is 6. The Kier molecular flexibility index (Phi) is 6.49. The Morgan fingerprint density at radius 2 is 1.81 bits per heavy atom. The molecule has 1 fully saturated rings. The second-order valence-corrected chi connectivity index (χ2v) is 9.87. The van der Waals surface area contributed by atoms with Gasteiger partial charge in [-0.1, -0.05) is 25.7 Å². The largest absolute Gasteiger partial charge is 0.353 e. The molecule has 1 aromatic carbocycles. The summed E-state index contributed by atoms with van der Waals surface area (Å²) in [6.07, 6.45) is 8.50. The highest BCUT2D eigenvalue weighted by atomic mass is 32.2. The fourth-order valence-electron chi connectivity index (χ4n) is 3.22. The van der Waals surface area contributed by atoms with Crippen LogP contribution in [-0.2, 0) is 21.1 Å².